The predicted octanol–water partition coefficient (Wildman–Crippen LogP) is 1.64. The first-order chi connectivity index (χ1) is 9.34. The Morgan fingerprint density at radius 2 is 2.10 bits per heavy atom. The fourth-order valence-corrected chi connectivity index (χ4v) is 4.64. The van der Waals surface area contributed by atoms with Crippen LogP contribution < -0.4 is 5.73 Å². The molecule has 2 N–H and O–H groups in total. The molecule has 0 bridgehead atoms. The number of benzene rings is 1. The SMILES string of the molecule is CN(C)C1CCCN(S(=O)(=O)c2c(N)cccc2Cl)C1. The van der Waals surface area contributed by atoms with E-state index in [1.165, 1.54) is 4.31 Å². The van der Waals surface area contributed by atoms with Crippen LogP contribution in [0.5, 0.6) is 0 Å². The number of nitrogens with two attached hydrogens (primary N) is 1. The maximum absolute atomic E-state index is 12.7. The van der Waals surface area contributed by atoms with Crippen molar-refractivity contribution in [2.45, 2.75) is 23.8 Å². The van der Waals surface area contributed by atoms with Crippen LogP contribution >= 0.6 is 11.6 Å². The summed E-state index contributed by atoms with van der Waals surface area (Å²) >= 11 is 6.04. The zero-order valence-corrected chi connectivity index (χ0v) is 13.3. The number of piperidine rings is 1. The Hall–Kier alpha value is -0.820. The minimum absolute atomic E-state index is 0.0288. The lowest BCUT2D eigenvalue weighted by Crippen LogP contribution is -2.47. The van der Waals surface area contributed by atoms with Gasteiger partial charge >= 0.3 is 0 Å². The molecule has 1 unspecified atom stereocenters. The Bertz CT molecular complexity index is 569. The number of nitrogens with zero attached hydrogens (tertiary/aromatic N) is 2. The highest BCUT2D eigenvalue weighted by Crippen LogP contribution is 2.31. The second-order valence-corrected chi connectivity index (χ2v) is 7.56. The minimum Gasteiger partial charge on any atom is -0.398 e. The largest absolute Gasteiger partial charge is 0.398 e. The molecule has 1 aliphatic heterocycles. The van der Waals surface area contributed by atoms with E-state index in [2.05, 4.69) is 4.90 Å². The van der Waals surface area contributed by atoms with Gasteiger partial charge in [-0.15, -0.1) is 0 Å². The van der Waals surface area contributed by atoms with E-state index < -0.39 is 10.0 Å². The third-order valence-electron chi connectivity index (χ3n) is 3.68. The molecule has 112 valence electrons. The number of nitrogen functional groups attached to an aromatic ring is 1. The van der Waals surface area contributed by atoms with Gasteiger partial charge in [-0.3, -0.25) is 0 Å². The van der Waals surface area contributed by atoms with E-state index in [4.69, 9.17) is 17.3 Å². The van der Waals surface area contributed by atoms with Crippen molar-refractivity contribution in [1.29, 1.82) is 0 Å². The summed E-state index contributed by atoms with van der Waals surface area (Å²) in [5, 5.41) is 0.178. The fraction of sp³-hybridized carbons (Fsp3) is 0.538. The smallest absolute Gasteiger partial charge is 0.246 e. The summed E-state index contributed by atoms with van der Waals surface area (Å²) in [6.07, 6.45) is 1.84. The average Bonchev–Trinajstić information content (AvgIpc) is 2.38. The molecule has 1 aliphatic rings. The predicted molar refractivity (Wildman–Crippen MR) is 81.3 cm³/mol. The number of hydrogen-bond acceptors (Lipinski definition) is 4. The molecule has 1 atom stereocenters. The van der Waals surface area contributed by atoms with Crippen LogP contribution in [0.2, 0.25) is 5.02 Å². The van der Waals surface area contributed by atoms with Crippen molar-refractivity contribution in [2.75, 3.05) is 32.9 Å². The normalized spacial score (nSPS) is 21.3. The van der Waals surface area contributed by atoms with Crippen molar-refractivity contribution >= 4 is 27.3 Å². The van der Waals surface area contributed by atoms with Gasteiger partial charge in [0, 0.05) is 19.1 Å². The molecule has 0 saturated carbocycles. The minimum atomic E-state index is -3.64. The molecule has 0 spiro atoms. The molecular weight excluding hydrogens is 298 g/mol. The highest BCUT2D eigenvalue weighted by molar-refractivity contribution is 7.89. The Morgan fingerprint density at radius 1 is 1.40 bits per heavy atom. The maximum Gasteiger partial charge on any atom is 0.246 e. The van der Waals surface area contributed by atoms with Gasteiger partial charge in [0.1, 0.15) is 4.90 Å². The number of anilines is 1. The van der Waals surface area contributed by atoms with Crippen LogP contribution in [0.4, 0.5) is 5.69 Å². The molecule has 1 saturated heterocycles. The monoisotopic (exact) mass is 317 g/mol. The third-order valence-corrected chi connectivity index (χ3v) is 6.09. The standard InChI is InChI=1S/C13H20ClN3O2S/c1-16(2)10-5-4-8-17(9-10)20(18,19)13-11(14)6-3-7-12(13)15/h3,6-7,10H,4-5,8-9,15H2,1-2H3. The van der Waals surface area contributed by atoms with E-state index in [0.717, 1.165) is 12.8 Å². The number of sulfonamides is 1. The molecule has 0 aliphatic carbocycles. The Morgan fingerprint density at radius 3 is 2.70 bits per heavy atom. The van der Waals surface area contributed by atoms with Gasteiger partial charge in [0.15, 0.2) is 0 Å². The number of hydrogen-bond donors (Lipinski definition) is 1. The van der Waals surface area contributed by atoms with Crippen LogP contribution in [0.25, 0.3) is 0 Å². The summed E-state index contributed by atoms with van der Waals surface area (Å²) in [5.74, 6) is 0. The summed E-state index contributed by atoms with van der Waals surface area (Å²) < 4.78 is 27.0. The van der Waals surface area contributed by atoms with E-state index >= 15 is 0 Å². The Kier molecular flexibility index (Phi) is 4.59. The fourth-order valence-electron chi connectivity index (χ4n) is 2.49. The van der Waals surface area contributed by atoms with Crippen molar-refractivity contribution in [2.24, 2.45) is 0 Å². The van der Waals surface area contributed by atoms with Gasteiger partial charge in [-0.25, -0.2) is 8.42 Å². The van der Waals surface area contributed by atoms with Crippen LogP contribution in [0.1, 0.15) is 12.8 Å². The Balaban J connectivity index is 2.35. The summed E-state index contributed by atoms with van der Waals surface area (Å²) in [6, 6.07) is 4.99. The van der Waals surface area contributed by atoms with E-state index in [-0.39, 0.29) is 21.6 Å². The van der Waals surface area contributed by atoms with Crippen molar-refractivity contribution in [3.63, 3.8) is 0 Å². The molecule has 1 heterocycles. The topological polar surface area (TPSA) is 66.6 Å². The molecule has 1 aromatic carbocycles. The number of halogens is 1. The molecule has 0 amide bonds. The lowest BCUT2D eigenvalue weighted by atomic mass is 10.1. The molecule has 1 fully saturated rings. The Labute approximate surface area is 125 Å². The van der Waals surface area contributed by atoms with Gasteiger partial charge in [-0.1, -0.05) is 17.7 Å². The van der Waals surface area contributed by atoms with Gasteiger partial charge in [0.05, 0.1) is 10.7 Å². The molecular formula is C13H20ClN3O2S. The van der Waals surface area contributed by atoms with E-state index in [1.807, 2.05) is 14.1 Å². The maximum atomic E-state index is 12.7. The van der Waals surface area contributed by atoms with Gasteiger partial charge in [-0.05, 0) is 39.1 Å². The number of likely N-dealkylation sites (N-methyl/N-ethyl adjacent to an activating group) is 1. The van der Waals surface area contributed by atoms with Gasteiger partial charge in [0.25, 0.3) is 0 Å². The van der Waals surface area contributed by atoms with Crippen LogP contribution in [-0.4, -0.2) is 50.8 Å². The molecule has 20 heavy (non-hydrogen) atoms. The van der Waals surface area contributed by atoms with E-state index in [0.29, 0.717) is 13.1 Å². The first-order valence-corrected chi connectivity index (χ1v) is 8.36. The molecule has 0 radical (unpaired) electrons. The van der Waals surface area contributed by atoms with Crippen molar-refractivity contribution in [1.82, 2.24) is 9.21 Å². The van der Waals surface area contributed by atoms with Gasteiger partial charge in [-0.2, -0.15) is 4.31 Å². The van der Waals surface area contributed by atoms with Gasteiger partial charge in [0.2, 0.25) is 10.0 Å². The number of rotatable bonds is 3. The van der Waals surface area contributed by atoms with Crippen LogP contribution in [0.3, 0.4) is 0 Å². The zero-order valence-electron chi connectivity index (χ0n) is 11.7. The summed E-state index contributed by atoms with van der Waals surface area (Å²) in [4.78, 5) is 2.08. The van der Waals surface area contributed by atoms with Crippen LogP contribution in [0.15, 0.2) is 23.1 Å². The lowest BCUT2D eigenvalue weighted by Gasteiger charge is -2.35. The first-order valence-electron chi connectivity index (χ1n) is 6.54. The van der Waals surface area contributed by atoms with Crippen LogP contribution in [0, 0.1) is 0 Å². The first kappa shape index (κ1) is 15.6. The second-order valence-electron chi connectivity index (χ2n) is 5.28. The molecule has 1 aromatic rings. The summed E-state index contributed by atoms with van der Waals surface area (Å²) in [7, 11) is 0.286. The van der Waals surface area contributed by atoms with Crippen LogP contribution in [-0.2, 0) is 10.0 Å². The molecule has 7 heteroatoms. The average molecular weight is 318 g/mol. The summed E-state index contributed by atoms with van der Waals surface area (Å²) in [6.45, 7) is 0.983. The lowest BCUT2D eigenvalue weighted by molar-refractivity contribution is 0.190. The highest BCUT2D eigenvalue weighted by atomic mass is 35.5. The molecule has 0 aromatic heterocycles. The third kappa shape index (κ3) is 2.93. The summed E-state index contributed by atoms with van der Waals surface area (Å²) in [5.41, 5.74) is 6.01. The van der Waals surface area contributed by atoms with Gasteiger partial charge < -0.3 is 10.6 Å². The quantitative estimate of drug-likeness (QED) is 0.861. The highest BCUT2D eigenvalue weighted by Gasteiger charge is 2.33. The zero-order chi connectivity index (χ0) is 14.9. The molecule has 5 nitrogen and oxygen atoms in total. The molecule has 2 rings (SSSR count). The van der Waals surface area contributed by atoms with E-state index in [9.17, 15) is 8.42 Å². The van der Waals surface area contributed by atoms with Crippen molar-refractivity contribution in [3.8, 4) is 0 Å². The van der Waals surface area contributed by atoms with Crippen molar-refractivity contribution < 1.29 is 8.42 Å². The van der Waals surface area contributed by atoms with Crippen molar-refractivity contribution in [3.05, 3.63) is 23.2 Å². The second kappa shape index (κ2) is 5.89. The van der Waals surface area contributed by atoms with E-state index in [1.54, 1.807) is 18.2 Å².